The van der Waals surface area contributed by atoms with E-state index in [1.165, 1.54) is 24.7 Å². The van der Waals surface area contributed by atoms with Crippen molar-refractivity contribution in [3.63, 3.8) is 0 Å². The summed E-state index contributed by atoms with van der Waals surface area (Å²) in [6.45, 7) is 3.51. The maximum Gasteiger partial charge on any atom is 0.338 e. The maximum absolute atomic E-state index is 12.6. The summed E-state index contributed by atoms with van der Waals surface area (Å²) in [4.78, 5) is 24.5. The third kappa shape index (κ3) is 4.13. The zero-order valence-corrected chi connectivity index (χ0v) is 16.0. The van der Waals surface area contributed by atoms with Gasteiger partial charge >= 0.3 is 5.97 Å². The molecule has 142 valence electrons. The van der Waals surface area contributed by atoms with Crippen LogP contribution in [0.4, 0.5) is 5.69 Å². The van der Waals surface area contributed by atoms with Gasteiger partial charge in [-0.1, -0.05) is 18.2 Å². The SMILES string of the molecule is COC(=O)c1cccc(NC(=O)[C@@H](C)Oc2cccc3c2CCCC3)c1C. The third-order valence-electron chi connectivity index (χ3n) is 5.02. The minimum atomic E-state index is -0.653. The molecule has 0 spiro atoms. The lowest BCUT2D eigenvalue weighted by Gasteiger charge is -2.22. The number of hydrogen-bond donors (Lipinski definition) is 1. The van der Waals surface area contributed by atoms with Gasteiger partial charge in [0.15, 0.2) is 6.10 Å². The van der Waals surface area contributed by atoms with E-state index in [4.69, 9.17) is 9.47 Å². The van der Waals surface area contributed by atoms with Crippen LogP contribution in [-0.4, -0.2) is 25.1 Å². The van der Waals surface area contributed by atoms with Crippen LogP contribution in [0, 0.1) is 6.92 Å². The quantitative estimate of drug-likeness (QED) is 0.809. The Morgan fingerprint density at radius 2 is 1.81 bits per heavy atom. The molecule has 1 aliphatic carbocycles. The van der Waals surface area contributed by atoms with Crippen molar-refractivity contribution in [1.29, 1.82) is 0 Å². The highest BCUT2D eigenvalue weighted by Gasteiger charge is 2.21. The van der Waals surface area contributed by atoms with Gasteiger partial charge in [0.05, 0.1) is 12.7 Å². The number of benzene rings is 2. The minimum Gasteiger partial charge on any atom is -0.481 e. The molecule has 2 aromatic rings. The fourth-order valence-electron chi connectivity index (χ4n) is 3.44. The number of carbonyl (C=O) groups excluding carboxylic acids is 2. The molecule has 27 heavy (non-hydrogen) atoms. The van der Waals surface area contributed by atoms with Crippen molar-refractivity contribution < 1.29 is 19.1 Å². The lowest BCUT2D eigenvalue weighted by atomic mass is 9.91. The number of fused-ring (bicyclic) bond motifs is 1. The molecule has 0 heterocycles. The van der Waals surface area contributed by atoms with Crippen molar-refractivity contribution >= 4 is 17.6 Å². The predicted octanol–water partition coefficient (Wildman–Crippen LogP) is 4.07. The first-order valence-corrected chi connectivity index (χ1v) is 9.27. The molecule has 0 radical (unpaired) electrons. The molecule has 0 saturated carbocycles. The first kappa shape index (κ1) is 19.0. The lowest BCUT2D eigenvalue weighted by molar-refractivity contribution is -0.122. The molecular formula is C22H25NO4. The Morgan fingerprint density at radius 1 is 1.07 bits per heavy atom. The summed E-state index contributed by atoms with van der Waals surface area (Å²) >= 11 is 0. The number of carbonyl (C=O) groups is 2. The summed E-state index contributed by atoms with van der Waals surface area (Å²) in [5, 5.41) is 2.86. The average Bonchev–Trinajstić information content (AvgIpc) is 2.69. The molecule has 0 saturated heterocycles. The van der Waals surface area contributed by atoms with Gasteiger partial charge in [0, 0.05) is 5.69 Å². The number of amides is 1. The second-order valence-electron chi connectivity index (χ2n) is 6.82. The first-order valence-electron chi connectivity index (χ1n) is 9.27. The Bertz CT molecular complexity index is 859. The summed E-state index contributed by atoms with van der Waals surface area (Å²) < 4.78 is 10.8. The van der Waals surface area contributed by atoms with Crippen LogP contribution >= 0.6 is 0 Å². The molecule has 0 unspecified atom stereocenters. The first-order chi connectivity index (χ1) is 13.0. The van der Waals surface area contributed by atoms with Crippen LogP contribution in [0.3, 0.4) is 0 Å². The monoisotopic (exact) mass is 367 g/mol. The number of nitrogens with one attached hydrogen (secondary N) is 1. The number of esters is 1. The van der Waals surface area contributed by atoms with Gasteiger partial charge in [0.2, 0.25) is 0 Å². The van der Waals surface area contributed by atoms with Crippen molar-refractivity contribution in [3.8, 4) is 5.75 Å². The predicted molar refractivity (Wildman–Crippen MR) is 104 cm³/mol. The fraction of sp³-hybridized carbons (Fsp3) is 0.364. The maximum atomic E-state index is 12.6. The number of rotatable bonds is 5. The summed E-state index contributed by atoms with van der Waals surface area (Å²) in [7, 11) is 1.34. The summed E-state index contributed by atoms with van der Waals surface area (Å²) in [5.41, 5.74) is 4.21. The molecule has 1 N–H and O–H groups in total. The fourth-order valence-corrected chi connectivity index (χ4v) is 3.44. The van der Waals surface area contributed by atoms with Crippen LogP contribution < -0.4 is 10.1 Å². The molecule has 2 aromatic carbocycles. The number of methoxy groups -OCH3 is 1. The van der Waals surface area contributed by atoms with E-state index >= 15 is 0 Å². The van der Waals surface area contributed by atoms with Crippen molar-refractivity contribution in [3.05, 3.63) is 58.7 Å². The van der Waals surface area contributed by atoms with Crippen LogP contribution in [-0.2, 0) is 22.4 Å². The average molecular weight is 367 g/mol. The number of hydrogen-bond acceptors (Lipinski definition) is 4. The standard InChI is InChI=1S/C22H25NO4/c1-14-17(22(25)26-3)11-7-12-19(14)23-21(24)15(2)27-20-13-6-9-16-8-4-5-10-18(16)20/h6-7,9,11-13,15H,4-5,8,10H2,1-3H3,(H,23,24)/t15-/m1/s1. The molecule has 0 bridgehead atoms. The molecule has 0 aromatic heterocycles. The van der Waals surface area contributed by atoms with Gasteiger partial charge in [-0.3, -0.25) is 4.79 Å². The van der Waals surface area contributed by atoms with Crippen molar-refractivity contribution in [2.75, 3.05) is 12.4 Å². The van der Waals surface area contributed by atoms with Crippen molar-refractivity contribution in [2.45, 2.75) is 45.6 Å². The summed E-state index contributed by atoms with van der Waals surface area (Å²) in [6.07, 6.45) is 3.74. The zero-order valence-electron chi connectivity index (χ0n) is 16.0. The second-order valence-corrected chi connectivity index (χ2v) is 6.82. The smallest absolute Gasteiger partial charge is 0.338 e. The molecule has 1 atom stereocenters. The van der Waals surface area contributed by atoms with Gasteiger partial charge in [0.1, 0.15) is 5.75 Å². The molecule has 5 nitrogen and oxygen atoms in total. The van der Waals surface area contributed by atoms with Gasteiger partial charge in [-0.15, -0.1) is 0 Å². The zero-order chi connectivity index (χ0) is 19.4. The Morgan fingerprint density at radius 3 is 2.59 bits per heavy atom. The van der Waals surface area contributed by atoms with E-state index in [9.17, 15) is 9.59 Å². The molecule has 0 fully saturated rings. The molecular weight excluding hydrogens is 342 g/mol. The molecule has 3 rings (SSSR count). The van der Waals surface area contributed by atoms with E-state index < -0.39 is 12.1 Å². The highest BCUT2D eigenvalue weighted by atomic mass is 16.5. The third-order valence-corrected chi connectivity index (χ3v) is 5.02. The van der Waals surface area contributed by atoms with Crippen LogP contribution in [0.1, 0.15) is 46.8 Å². The topological polar surface area (TPSA) is 64.6 Å². The largest absolute Gasteiger partial charge is 0.481 e. The number of ether oxygens (including phenoxy) is 2. The molecule has 1 aliphatic rings. The van der Waals surface area contributed by atoms with Gasteiger partial charge in [-0.25, -0.2) is 4.79 Å². The second kappa shape index (κ2) is 8.25. The van der Waals surface area contributed by atoms with Crippen LogP contribution in [0.5, 0.6) is 5.75 Å². The van der Waals surface area contributed by atoms with Crippen LogP contribution in [0.25, 0.3) is 0 Å². The van der Waals surface area contributed by atoms with Gasteiger partial charge in [-0.2, -0.15) is 0 Å². The van der Waals surface area contributed by atoms with E-state index in [-0.39, 0.29) is 5.91 Å². The normalized spacial score (nSPS) is 14.0. The number of anilines is 1. The Labute approximate surface area is 159 Å². The van der Waals surface area contributed by atoms with E-state index in [1.807, 2.05) is 12.1 Å². The Hall–Kier alpha value is -2.82. The Kier molecular flexibility index (Phi) is 5.79. The highest BCUT2D eigenvalue weighted by Crippen LogP contribution is 2.30. The van der Waals surface area contributed by atoms with Crippen LogP contribution in [0.2, 0.25) is 0 Å². The summed E-state index contributed by atoms with van der Waals surface area (Å²) in [5.74, 6) is 0.104. The van der Waals surface area contributed by atoms with E-state index in [1.54, 1.807) is 32.0 Å². The van der Waals surface area contributed by atoms with E-state index in [0.717, 1.165) is 25.0 Å². The van der Waals surface area contributed by atoms with Crippen molar-refractivity contribution in [2.24, 2.45) is 0 Å². The Balaban J connectivity index is 1.73. The number of aryl methyl sites for hydroxylation is 1. The molecule has 0 aliphatic heterocycles. The lowest BCUT2D eigenvalue weighted by Crippen LogP contribution is -2.31. The summed E-state index contributed by atoms with van der Waals surface area (Å²) in [6, 6.07) is 11.2. The van der Waals surface area contributed by atoms with Crippen LogP contribution in [0.15, 0.2) is 36.4 Å². The molecule has 5 heteroatoms. The van der Waals surface area contributed by atoms with E-state index in [2.05, 4.69) is 11.4 Å². The van der Waals surface area contributed by atoms with Gasteiger partial charge in [-0.05, 0) is 74.4 Å². The van der Waals surface area contributed by atoms with Gasteiger partial charge in [0.25, 0.3) is 5.91 Å². The minimum absolute atomic E-state index is 0.256. The highest BCUT2D eigenvalue weighted by molar-refractivity contribution is 5.98. The van der Waals surface area contributed by atoms with Gasteiger partial charge < -0.3 is 14.8 Å². The van der Waals surface area contributed by atoms with Crippen molar-refractivity contribution in [1.82, 2.24) is 0 Å². The molecule has 1 amide bonds. The van der Waals surface area contributed by atoms with E-state index in [0.29, 0.717) is 16.8 Å².